The Balaban J connectivity index is 1.80. The minimum atomic E-state index is -0.294. The number of hydrazone groups is 1. The molecular weight excluding hydrogens is 338 g/mol. The third kappa shape index (κ3) is 3.95. The molecule has 25 heavy (non-hydrogen) atoms. The molecular formula is C18H17N3O3S. The molecule has 3 rings (SSSR count). The fraction of sp³-hybridized carbons (Fsp3) is 0.167. The zero-order valence-corrected chi connectivity index (χ0v) is 14.5. The highest BCUT2D eigenvalue weighted by Gasteiger charge is 2.10. The molecule has 0 radical (unpaired) electrons. The Morgan fingerprint density at radius 1 is 1.28 bits per heavy atom. The van der Waals surface area contributed by atoms with Crippen molar-refractivity contribution in [1.29, 1.82) is 0 Å². The lowest BCUT2D eigenvalue weighted by molar-refractivity contribution is -0.143. The maximum absolute atomic E-state index is 11.9. The summed E-state index contributed by atoms with van der Waals surface area (Å²) >= 11 is 1.35. The Bertz CT molecular complexity index is 913. The highest BCUT2D eigenvalue weighted by atomic mass is 32.1. The summed E-state index contributed by atoms with van der Waals surface area (Å²) in [5, 5.41) is 6.81. The smallest absolute Gasteiger partial charge is 0.325 e. The Morgan fingerprint density at radius 3 is 2.88 bits per heavy atom. The molecule has 0 aliphatic heterocycles. The largest absolute Gasteiger partial charge is 0.465 e. The number of amides is 1. The SMILES string of the molecule is CCOC(=O)Cn1cc(/C=N\NC(=O)c2cccs2)c2ccccc21. The Hall–Kier alpha value is -2.93. The van der Waals surface area contributed by atoms with Crippen molar-refractivity contribution < 1.29 is 14.3 Å². The number of aromatic nitrogens is 1. The highest BCUT2D eigenvalue weighted by molar-refractivity contribution is 7.12. The molecule has 0 bridgehead atoms. The van der Waals surface area contributed by atoms with E-state index in [9.17, 15) is 9.59 Å². The number of carbonyl (C=O) groups is 2. The molecule has 0 spiro atoms. The molecule has 1 amide bonds. The number of benzene rings is 1. The standard InChI is InChI=1S/C18H17N3O3S/c1-2-24-17(22)12-21-11-13(14-6-3-4-7-15(14)21)10-19-20-18(23)16-8-5-9-25-16/h3-11H,2,12H2,1H3,(H,20,23)/b19-10-. The summed E-state index contributed by atoms with van der Waals surface area (Å²) in [6.07, 6.45) is 3.40. The van der Waals surface area contributed by atoms with Gasteiger partial charge in [0.05, 0.1) is 17.7 Å². The zero-order valence-electron chi connectivity index (χ0n) is 13.6. The van der Waals surface area contributed by atoms with E-state index < -0.39 is 0 Å². The summed E-state index contributed by atoms with van der Waals surface area (Å²) in [5.74, 6) is -0.542. The van der Waals surface area contributed by atoms with Crippen LogP contribution in [0.4, 0.5) is 0 Å². The molecule has 0 fully saturated rings. The minimum Gasteiger partial charge on any atom is -0.465 e. The third-order valence-corrected chi connectivity index (χ3v) is 4.41. The second-order valence-electron chi connectivity index (χ2n) is 5.21. The molecule has 0 atom stereocenters. The van der Waals surface area contributed by atoms with Crippen molar-refractivity contribution in [2.45, 2.75) is 13.5 Å². The van der Waals surface area contributed by atoms with Gasteiger partial charge in [-0.1, -0.05) is 24.3 Å². The van der Waals surface area contributed by atoms with E-state index >= 15 is 0 Å². The monoisotopic (exact) mass is 355 g/mol. The number of thiophene rings is 1. The molecule has 0 saturated heterocycles. The Labute approximate surface area is 148 Å². The maximum atomic E-state index is 11.9. The first-order chi connectivity index (χ1) is 12.2. The van der Waals surface area contributed by atoms with Gasteiger partial charge in [-0.15, -0.1) is 11.3 Å². The molecule has 0 saturated carbocycles. The van der Waals surface area contributed by atoms with Crippen molar-refractivity contribution in [3.63, 3.8) is 0 Å². The lowest BCUT2D eigenvalue weighted by atomic mass is 10.2. The number of rotatable bonds is 6. The van der Waals surface area contributed by atoms with Crippen LogP contribution in [0.1, 0.15) is 22.2 Å². The maximum Gasteiger partial charge on any atom is 0.325 e. The van der Waals surface area contributed by atoms with Gasteiger partial charge in [0.15, 0.2) is 0 Å². The van der Waals surface area contributed by atoms with E-state index in [2.05, 4.69) is 10.5 Å². The van der Waals surface area contributed by atoms with E-state index in [1.165, 1.54) is 11.3 Å². The van der Waals surface area contributed by atoms with E-state index in [-0.39, 0.29) is 18.4 Å². The third-order valence-electron chi connectivity index (χ3n) is 3.54. The number of ether oxygens (including phenoxy) is 1. The van der Waals surface area contributed by atoms with E-state index in [1.54, 1.807) is 19.2 Å². The number of fused-ring (bicyclic) bond motifs is 1. The topological polar surface area (TPSA) is 72.7 Å². The molecule has 7 heteroatoms. The van der Waals surface area contributed by atoms with E-state index in [1.807, 2.05) is 46.5 Å². The molecule has 1 N–H and O–H groups in total. The molecule has 2 aromatic heterocycles. The van der Waals surface area contributed by atoms with Gasteiger partial charge >= 0.3 is 5.97 Å². The predicted molar refractivity (Wildman–Crippen MR) is 98.0 cm³/mol. The van der Waals surface area contributed by atoms with Crippen LogP contribution < -0.4 is 5.43 Å². The minimum absolute atomic E-state index is 0.129. The van der Waals surface area contributed by atoms with Crippen LogP contribution >= 0.6 is 11.3 Å². The van der Waals surface area contributed by atoms with Gasteiger partial charge < -0.3 is 9.30 Å². The first kappa shape index (κ1) is 16.9. The molecule has 6 nitrogen and oxygen atoms in total. The van der Waals surface area contributed by atoms with Gasteiger partial charge in [-0.25, -0.2) is 5.43 Å². The first-order valence-electron chi connectivity index (χ1n) is 7.79. The average Bonchev–Trinajstić information content (AvgIpc) is 3.25. The van der Waals surface area contributed by atoms with Crippen molar-refractivity contribution in [1.82, 2.24) is 9.99 Å². The second-order valence-corrected chi connectivity index (χ2v) is 6.16. The lowest BCUT2D eigenvalue weighted by Crippen LogP contribution is -2.16. The van der Waals surface area contributed by atoms with Crippen LogP contribution in [-0.4, -0.2) is 29.3 Å². The fourth-order valence-electron chi connectivity index (χ4n) is 2.48. The van der Waals surface area contributed by atoms with Crippen LogP contribution in [0, 0.1) is 0 Å². The summed E-state index contributed by atoms with van der Waals surface area (Å²) in [6, 6.07) is 11.2. The van der Waals surface area contributed by atoms with Gasteiger partial charge in [-0.05, 0) is 24.4 Å². The van der Waals surface area contributed by atoms with Crippen molar-refractivity contribution in [3.8, 4) is 0 Å². The van der Waals surface area contributed by atoms with Crippen LogP contribution in [0.5, 0.6) is 0 Å². The molecule has 0 aliphatic carbocycles. The van der Waals surface area contributed by atoms with Crippen molar-refractivity contribution in [2.24, 2.45) is 5.10 Å². The number of carbonyl (C=O) groups excluding carboxylic acids is 2. The molecule has 0 unspecified atom stereocenters. The second kappa shape index (κ2) is 7.76. The first-order valence-corrected chi connectivity index (χ1v) is 8.67. The molecule has 0 aliphatic rings. The molecule has 128 valence electrons. The molecule has 3 aromatic rings. The van der Waals surface area contributed by atoms with Crippen molar-refractivity contribution in [3.05, 3.63) is 58.4 Å². The summed E-state index contributed by atoms with van der Waals surface area (Å²) in [5.41, 5.74) is 4.22. The molecule has 1 aromatic carbocycles. The number of esters is 1. The van der Waals surface area contributed by atoms with Crippen LogP contribution in [0.2, 0.25) is 0 Å². The summed E-state index contributed by atoms with van der Waals surface area (Å²) in [6.45, 7) is 2.25. The quantitative estimate of drug-likeness (QED) is 0.420. The molecule has 2 heterocycles. The number of hydrogen-bond donors (Lipinski definition) is 1. The zero-order chi connectivity index (χ0) is 17.6. The van der Waals surface area contributed by atoms with Gasteiger partial charge in [0, 0.05) is 22.7 Å². The number of hydrogen-bond acceptors (Lipinski definition) is 5. The van der Waals surface area contributed by atoms with Crippen LogP contribution in [0.3, 0.4) is 0 Å². The Kier molecular flexibility index (Phi) is 5.25. The van der Waals surface area contributed by atoms with Crippen LogP contribution in [0.15, 0.2) is 53.1 Å². The highest BCUT2D eigenvalue weighted by Crippen LogP contribution is 2.20. The number of nitrogens with one attached hydrogen (secondary N) is 1. The van der Waals surface area contributed by atoms with Crippen LogP contribution in [-0.2, 0) is 16.1 Å². The normalized spacial score (nSPS) is 11.1. The predicted octanol–water partition coefficient (Wildman–Crippen LogP) is 3.03. The number of para-hydroxylation sites is 1. The number of nitrogens with zero attached hydrogens (tertiary/aromatic N) is 2. The lowest BCUT2D eigenvalue weighted by Gasteiger charge is -2.04. The van der Waals surface area contributed by atoms with E-state index in [0.717, 1.165) is 16.5 Å². The van der Waals surface area contributed by atoms with Gasteiger partial charge in [0.25, 0.3) is 5.91 Å². The van der Waals surface area contributed by atoms with E-state index in [4.69, 9.17) is 4.74 Å². The fourth-order valence-corrected chi connectivity index (χ4v) is 3.09. The summed E-state index contributed by atoms with van der Waals surface area (Å²) in [7, 11) is 0. The van der Waals surface area contributed by atoms with Crippen LogP contribution in [0.25, 0.3) is 10.9 Å². The van der Waals surface area contributed by atoms with Crippen molar-refractivity contribution in [2.75, 3.05) is 6.61 Å². The van der Waals surface area contributed by atoms with Crippen molar-refractivity contribution >= 4 is 40.3 Å². The average molecular weight is 355 g/mol. The van der Waals surface area contributed by atoms with Gasteiger partial charge in [-0.2, -0.15) is 5.10 Å². The van der Waals surface area contributed by atoms with Gasteiger partial charge in [-0.3, -0.25) is 9.59 Å². The van der Waals surface area contributed by atoms with Gasteiger partial charge in [0.1, 0.15) is 6.54 Å². The van der Waals surface area contributed by atoms with E-state index in [0.29, 0.717) is 11.5 Å². The Morgan fingerprint density at radius 2 is 2.12 bits per heavy atom. The van der Waals surface area contributed by atoms with Gasteiger partial charge in [0.2, 0.25) is 0 Å². The summed E-state index contributed by atoms with van der Waals surface area (Å²) in [4.78, 5) is 24.3. The summed E-state index contributed by atoms with van der Waals surface area (Å²) < 4.78 is 6.82.